The molecule has 3 aromatic rings. The number of hydrazine groups is 1. The highest BCUT2D eigenvalue weighted by Gasteiger charge is 2.18. The van der Waals surface area contributed by atoms with Gasteiger partial charge in [0.05, 0.1) is 11.1 Å². The first-order valence-electron chi connectivity index (χ1n) is 10.6. The lowest BCUT2D eigenvalue weighted by molar-refractivity contribution is 0.00696. The van der Waals surface area contributed by atoms with Crippen LogP contribution in [0.2, 0.25) is 0 Å². The summed E-state index contributed by atoms with van der Waals surface area (Å²) < 4.78 is 5.49. The fourth-order valence-corrected chi connectivity index (χ4v) is 3.49. The Hall–Kier alpha value is -3.03. The molecule has 0 amide bonds. The van der Waals surface area contributed by atoms with Crippen molar-refractivity contribution in [3.63, 3.8) is 0 Å². The summed E-state index contributed by atoms with van der Waals surface area (Å²) in [4.78, 5) is 23.9. The standard InChI is InChI=1S/C24H29N5O2/c1-24(2,3)31-22(30)19-7-5-6-17(14-19)18-8-9-21-20(15-18)16-25-23(26-21)27-29-12-10-28(4)11-13-29/h5-9,14-16H,10-13H2,1-4H3,(H,25,26,27). The molecule has 1 saturated heterocycles. The number of hydrogen-bond acceptors (Lipinski definition) is 7. The van der Waals surface area contributed by atoms with E-state index in [1.165, 1.54) is 0 Å². The largest absolute Gasteiger partial charge is 0.456 e. The van der Waals surface area contributed by atoms with Crippen molar-refractivity contribution < 1.29 is 9.53 Å². The second kappa shape index (κ2) is 8.61. The third-order valence-corrected chi connectivity index (χ3v) is 5.17. The number of hydrogen-bond donors (Lipinski definition) is 1. The van der Waals surface area contributed by atoms with Gasteiger partial charge in [-0.05, 0) is 63.2 Å². The number of anilines is 1. The molecule has 162 valence electrons. The van der Waals surface area contributed by atoms with Gasteiger partial charge in [0.1, 0.15) is 5.60 Å². The molecule has 1 aliphatic rings. The van der Waals surface area contributed by atoms with E-state index in [4.69, 9.17) is 4.74 Å². The molecular formula is C24H29N5O2. The monoisotopic (exact) mass is 419 g/mol. The van der Waals surface area contributed by atoms with Crippen molar-refractivity contribution in [3.05, 3.63) is 54.2 Å². The zero-order chi connectivity index (χ0) is 22.0. The molecule has 31 heavy (non-hydrogen) atoms. The van der Waals surface area contributed by atoms with Gasteiger partial charge >= 0.3 is 5.97 Å². The lowest BCUT2D eigenvalue weighted by Crippen LogP contribution is -2.47. The second-order valence-electron chi connectivity index (χ2n) is 8.95. The highest BCUT2D eigenvalue weighted by molar-refractivity contribution is 5.92. The number of benzene rings is 2. The van der Waals surface area contributed by atoms with E-state index in [0.717, 1.165) is 48.2 Å². The van der Waals surface area contributed by atoms with Crippen LogP contribution in [0.5, 0.6) is 0 Å². The van der Waals surface area contributed by atoms with Crippen LogP contribution < -0.4 is 5.43 Å². The molecule has 1 aromatic heterocycles. The molecule has 2 aromatic carbocycles. The summed E-state index contributed by atoms with van der Waals surface area (Å²) in [5, 5.41) is 3.10. The van der Waals surface area contributed by atoms with Crippen LogP contribution in [0.15, 0.2) is 48.7 Å². The maximum Gasteiger partial charge on any atom is 0.338 e. The first-order valence-corrected chi connectivity index (χ1v) is 10.6. The number of nitrogens with zero attached hydrogens (tertiary/aromatic N) is 4. The lowest BCUT2D eigenvalue weighted by Gasteiger charge is -2.32. The summed E-state index contributed by atoms with van der Waals surface area (Å²) in [6.07, 6.45) is 1.84. The van der Waals surface area contributed by atoms with Crippen LogP contribution in [0, 0.1) is 0 Å². The van der Waals surface area contributed by atoms with E-state index in [9.17, 15) is 4.79 Å². The molecular weight excluding hydrogens is 390 g/mol. The molecule has 7 nitrogen and oxygen atoms in total. The second-order valence-corrected chi connectivity index (χ2v) is 8.95. The summed E-state index contributed by atoms with van der Waals surface area (Å²) in [5.74, 6) is 0.287. The number of aromatic nitrogens is 2. The number of esters is 1. The van der Waals surface area contributed by atoms with Crippen molar-refractivity contribution in [1.82, 2.24) is 19.9 Å². The first-order chi connectivity index (χ1) is 14.8. The van der Waals surface area contributed by atoms with Crippen molar-refractivity contribution in [3.8, 4) is 11.1 Å². The van der Waals surface area contributed by atoms with Crippen molar-refractivity contribution in [2.24, 2.45) is 0 Å². The number of carbonyl (C=O) groups excluding carboxylic acids is 1. The molecule has 1 N–H and O–H groups in total. The number of nitrogens with one attached hydrogen (secondary N) is 1. The van der Waals surface area contributed by atoms with E-state index in [0.29, 0.717) is 11.5 Å². The molecule has 4 rings (SSSR count). The predicted molar refractivity (Wildman–Crippen MR) is 123 cm³/mol. The summed E-state index contributed by atoms with van der Waals surface area (Å²) in [5.41, 5.74) is 6.15. The highest BCUT2D eigenvalue weighted by atomic mass is 16.6. The van der Waals surface area contributed by atoms with Gasteiger partial charge < -0.3 is 9.64 Å². The maximum absolute atomic E-state index is 12.4. The number of ether oxygens (including phenoxy) is 1. The molecule has 0 unspecified atom stereocenters. The van der Waals surface area contributed by atoms with Crippen LogP contribution in [-0.4, -0.2) is 64.7 Å². The summed E-state index contributed by atoms with van der Waals surface area (Å²) in [7, 11) is 2.13. The van der Waals surface area contributed by atoms with Crippen LogP contribution in [0.25, 0.3) is 22.0 Å². The van der Waals surface area contributed by atoms with E-state index >= 15 is 0 Å². The number of likely N-dealkylation sites (N-methyl/N-ethyl adjacent to an activating group) is 1. The average molecular weight is 420 g/mol. The summed E-state index contributed by atoms with van der Waals surface area (Å²) >= 11 is 0. The summed E-state index contributed by atoms with van der Waals surface area (Å²) in [6.45, 7) is 9.51. The summed E-state index contributed by atoms with van der Waals surface area (Å²) in [6, 6.07) is 13.5. The quantitative estimate of drug-likeness (QED) is 0.645. The van der Waals surface area contributed by atoms with Gasteiger partial charge in [0.2, 0.25) is 5.95 Å². The van der Waals surface area contributed by atoms with Gasteiger partial charge in [-0.1, -0.05) is 18.2 Å². The van der Waals surface area contributed by atoms with Gasteiger partial charge in [0.25, 0.3) is 0 Å². The van der Waals surface area contributed by atoms with Crippen molar-refractivity contribution >= 4 is 22.8 Å². The highest BCUT2D eigenvalue weighted by Crippen LogP contribution is 2.25. The van der Waals surface area contributed by atoms with Gasteiger partial charge in [-0.3, -0.25) is 5.43 Å². The topological polar surface area (TPSA) is 70.6 Å². The number of piperazine rings is 1. The van der Waals surface area contributed by atoms with Crippen LogP contribution in [0.1, 0.15) is 31.1 Å². The molecule has 7 heteroatoms. The minimum Gasteiger partial charge on any atom is -0.456 e. The predicted octanol–water partition coefficient (Wildman–Crippen LogP) is 3.83. The van der Waals surface area contributed by atoms with E-state index in [1.807, 2.05) is 63.4 Å². The number of fused-ring (bicyclic) bond motifs is 1. The van der Waals surface area contributed by atoms with Crippen LogP contribution in [0.3, 0.4) is 0 Å². The minimum atomic E-state index is -0.525. The third-order valence-electron chi connectivity index (χ3n) is 5.17. The van der Waals surface area contributed by atoms with Gasteiger partial charge in [0, 0.05) is 37.8 Å². The fourth-order valence-electron chi connectivity index (χ4n) is 3.49. The van der Waals surface area contributed by atoms with Crippen molar-refractivity contribution in [1.29, 1.82) is 0 Å². The molecule has 2 heterocycles. The van der Waals surface area contributed by atoms with Crippen molar-refractivity contribution in [2.75, 3.05) is 38.7 Å². The maximum atomic E-state index is 12.4. The van der Waals surface area contributed by atoms with Gasteiger partial charge in [0.15, 0.2) is 0 Å². The molecule has 1 fully saturated rings. The van der Waals surface area contributed by atoms with E-state index in [2.05, 4.69) is 32.4 Å². The van der Waals surface area contributed by atoms with Crippen LogP contribution in [-0.2, 0) is 4.74 Å². The zero-order valence-corrected chi connectivity index (χ0v) is 18.6. The molecule has 1 aliphatic heterocycles. The van der Waals surface area contributed by atoms with Gasteiger partial charge in [-0.15, -0.1) is 0 Å². The normalized spacial score (nSPS) is 15.7. The molecule has 0 aliphatic carbocycles. The molecule has 0 saturated carbocycles. The third kappa shape index (κ3) is 5.37. The zero-order valence-electron chi connectivity index (χ0n) is 18.6. The number of carbonyl (C=O) groups is 1. The Morgan fingerprint density at radius 3 is 2.52 bits per heavy atom. The Morgan fingerprint density at radius 1 is 1.03 bits per heavy atom. The Kier molecular flexibility index (Phi) is 5.89. The number of rotatable bonds is 4. The SMILES string of the molecule is CN1CCN(Nc2ncc3cc(-c4cccc(C(=O)OC(C)(C)C)c4)ccc3n2)CC1. The van der Waals surface area contributed by atoms with Crippen LogP contribution in [0.4, 0.5) is 5.95 Å². The van der Waals surface area contributed by atoms with Crippen LogP contribution >= 0.6 is 0 Å². The lowest BCUT2D eigenvalue weighted by atomic mass is 10.0. The smallest absolute Gasteiger partial charge is 0.338 e. The Labute approximate surface area is 183 Å². The van der Waals surface area contributed by atoms with E-state index in [1.54, 1.807) is 6.07 Å². The van der Waals surface area contributed by atoms with Crippen molar-refractivity contribution in [2.45, 2.75) is 26.4 Å². The fraction of sp³-hybridized carbons (Fsp3) is 0.375. The Morgan fingerprint density at radius 2 is 1.77 bits per heavy atom. The van der Waals surface area contributed by atoms with E-state index in [-0.39, 0.29) is 5.97 Å². The Bertz CT molecular complexity index is 1080. The molecule has 0 bridgehead atoms. The minimum absolute atomic E-state index is 0.321. The molecule has 0 radical (unpaired) electrons. The average Bonchev–Trinajstić information content (AvgIpc) is 2.74. The molecule has 0 atom stereocenters. The first kappa shape index (κ1) is 21.2. The Balaban J connectivity index is 1.53. The van der Waals surface area contributed by atoms with Gasteiger partial charge in [-0.25, -0.2) is 19.8 Å². The molecule has 0 spiro atoms. The van der Waals surface area contributed by atoms with E-state index < -0.39 is 5.60 Å². The van der Waals surface area contributed by atoms with Gasteiger partial charge in [-0.2, -0.15) is 0 Å².